The van der Waals surface area contributed by atoms with Gasteiger partial charge in [0.15, 0.2) is 0 Å². The third-order valence-electron chi connectivity index (χ3n) is 3.29. The highest BCUT2D eigenvalue weighted by Crippen LogP contribution is 2.28. The van der Waals surface area contributed by atoms with Gasteiger partial charge in [0, 0.05) is 12.8 Å². The molecular formula is C13H20N2O. The molecular weight excluding hydrogens is 200 g/mol. The monoisotopic (exact) mass is 220 g/mol. The standard InChI is InChI=1S/C13H20N2O/c1-10(6-8-16)9-15-12-5-4-11-3-2-7-14-13(11)12/h2-3,7,10,12,15-16H,4-6,8-9H2,1H3. The minimum Gasteiger partial charge on any atom is -0.396 e. The highest BCUT2D eigenvalue weighted by Gasteiger charge is 2.22. The zero-order valence-corrected chi connectivity index (χ0v) is 9.82. The van der Waals surface area contributed by atoms with Gasteiger partial charge in [-0.25, -0.2) is 0 Å². The van der Waals surface area contributed by atoms with Crippen LogP contribution in [0.3, 0.4) is 0 Å². The van der Waals surface area contributed by atoms with E-state index in [1.54, 1.807) is 0 Å². The molecule has 1 aromatic rings. The van der Waals surface area contributed by atoms with Crippen LogP contribution in [0.2, 0.25) is 0 Å². The maximum Gasteiger partial charge on any atom is 0.0605 e. The number of pyridine rings is 1. The number of nitrogens with one attached hydrogen (secondary N) is 1. The first-order valence-electron chi connectivity index (χ1n) is 6.09. The lowest BCUT2D eigenvalue weighted by molar-refractivity contribution is 0.257. The number of hydrogen-bond donors (Lipinski definition) is 2. The molecule has 3 nitrogen and oxygen atoms in total. The lowest BCUT2D eigenvalue weighted by Gasteiger charge is -2.16. The first-order valence-corrected chi connectivity index (χ1v) is 6.09. The SMILES string of the molecule is CC(CCO)CNC1CCc2cccnc21. The van der Waals surface area contributed by atoms with Crippen molar-refractivity contribution in [1.82, 2.24) is 10.3 Å². The molecule has 0 radical (unpaired) electrons. The largest absolute Gasteiger partial charge is 0.396 e. The van der Waals surface area contributed by atoms with Crippen molar-refractivity contribution in [1.29, 1.82) is 0 Å². The molecule has 0 saturated carbocycles. The predicted molar refractivity (Wildman–Crippen MR) is 64.2 cm³/mol. The average Bonchev–Trinajstić information content (AvgIpc) is 2.70. The Bertz CT molecular complexity index is 340. The summed E-state index contributed by atoms with van der Waals surface area (Å²) in [4.78, 5) is 4.45. The molecule has 1 aliphatic carbocycles. The number of nitrogens with zero attached hydrogens (tertiary/aromatic N) is 1. The lowest BCUT2D eigenvalue weighted by Crippen LogP contribution is -2.25. The zero-order valence-electron chi connectivity index (χ0n) is 9.82. The Balaban J connectivity index is 1.88. The van der Waals surface area contributed by atoms with Gasteiger partial charge in [-0.3, -0.25) is 4.98 Å². The Kier molecular flexibility index (Phi) is 3.91. The topological polar surface area (TPSA) is 45.1 Å². The third kappa shape index (κ3) is 2.60. The van der Waals surface area contributed by atoms with Gasteiger partial charge in [-0.15, -0.1) is 0 Å². The van der Waals surface area contributed by atoms with Crippen LogP contribution >= 0.6 is 0 Å². The first kappa shape index (κ1) is 11.6. The lowest BCUT2D eigenvalue weighted by atomic mass is 10.1. The van der Waals surface area contributed by atoms with Crippen LogP contribution in [0, 0.1) is 5.92 Å². The van der Waals surface area contributed by atoms with E-state index >= 15 is 0 Å². The van der Waals surface area contributed by atoms with Gasteiger partial charge in [0.1, 0.15) is 0 Å². The Morgan fingerprint density at radius 2 is 2.50 bits per heavy atom. The van der Waals surface area contributed by atoms with Crippen molar-refractivity contribution >= 4 is 0 Å². The molecule has 16 heavy (non-hydrogen) atoms. The number of fused-ring (bicyclic) bond motifs is 1. The van der Waals surface area contributed by atoms with Crippen molar-refractivity contribution in [2.75, 3.05) is 13.2 Å². The van der Waals surface area contributed by atoms with Crippen LogP contribution < -0.4 is 5.32 Å². The molecule has 2 rings (SSSR count). The van der Waals surface area contributed by atoms with Crippen molar-refractivity contribution in [3.63, 3.8) is 0 Å². The predicted octanol–water partition coefficient (Wildman–Crippen LogP) is 1.68. The van der Waals surface area contributed by atoms with Gasteiger partial charge in [0.25, 0.3) is 0 Å². The quantitative estimate of drug-likeness (QED) is 0.793. The van der Waals surface area contributed by atoms with Crippen molar-refractivity contribution in [3.05, 3.63) is 29.6 Å². The van der Waals surface area contributed by atoms with E-state index in [0.29, 0.717) is 12.0 Å². The molecule has 0 spiro atoms. The second-order valence-corrected chi connectivity index (χ2v) is 4.66. The summed E-state index contributed by atoms with van der Waals surface area (Å²) in [5, 5.41) is 12.4. The Labute approximate surface area is 96.9 Å². The molecule has 88 valence electrons. The van der Waals surface area contributed by atoms with Crippen molar-refractivity contribution in [2.24, 2.45) is 5.92 Å². The minimum atomic E-state index is 0.280. The molecule has 1 aliphatic rings. The smallest absolute Gasteiger partial charge is 0.0605 e. The van der Waals surface area contributed by atoms with Gasteiger partial charge in [0.05, 0.1) is 11.7 Å². The second kappa shape index (κ2) is 5.41. The van der Waals surface area contributed by atoms with Gasteiger partial charge in [0.2, 0.25) is 0 Å². The van der Waals surface area contributed by atoms with Crippen molar-refractivity contribution in [2.45, 2.75) is 32.2 Å². The number of aryl methyl sites for hydroxylation is 1. The molecule has 2 atom stereocenters. The number of aromatic nitrogens is 1. The summed E-state index contributed by atoms with van der Waals surface area (Å²) in [6, 6.07) is 4.59. The fourth-order valence-electron chi connectivity index (χ4n) is 2.28. The third-order valence-corrected chi connectivity index (χ3v) is 3.29. The summed E-state index contributed by atoms with van der Waals surface area (Å²) in [6.45, 7) is 3.40. The fraction of sp³-hybridized carbons (Fsp3) is 0.615. The highest BCUT2D eigenvalue weighted by molar-refractivity contribution is 5.27. The Morgan fingerprint density at radius 1 is 1.62 bits per heavy atom. The van der Waals surface area contributed by atoms with Crippen LogP contribution in [0.1, 0.15) is 37.1 Å². The number of rotatable bonds is 5. The van der Waals surface area contributed by atoms with Crippen LogP contribution in [0.4, 0.5) is 0 Å². The van der Waals surface area contributed by atoms with E-state index < -0.39 is 0 Å². The second-order valence-electron chi connectivity index (χ2n) is 4.66. The molecule has 0 saturated heterocycles. The average molecular weight is 220 g/mol. The van der Waals surface area contributed by atoms with Gasteiger partial charge in [-0.2, -0.15) is 0 Å². The van der Waals surface area contributed by atoms with Crippen LogP contribution in [-0.4, -0.2) is 23.2 Å². The molecule has 0 bridgehead atoms. The van der Waals surface area contributed by atoms with E-state index in [9.17, 15) is 0 Å². The molecule has 0 amide bonds. The molecule has 0 aliphatic heterocycles. The fourth-order valence-corrected chi connectivity index (χ4v) is 2.28. The maximum atomic E-state index is 8.85. The van der Waals surface area contributed by atoms with E-state index in [-0.39, 0.29) is 6.61 Å². The molecule has 1 aromatic heterocycles. The van der Waals surface area contributed by atoms with Gasteiger partial charge in [-0.05, 0) is 43.4 Å². The van der Waals surface area contributed by atoms with Crippen LogP contribution in [0.25, 0.3) is 0 Å². The molecule has 1 heterocycles. The highest BCUT2D eigenvalue weighted by atomic mass is 16.3. The molecule has 3 heteroatoms. The summed E-state index contributed by atoms with van der Waals surface area (Å²) in [6.07, 6.45) is 5.03. The minimum absolute atomic E-state index is 0.280. The zero-order chi connectivity index (χ0) is 11.4. The van der Waals surface area contributed by atoms with Crippen LogP contribution in [0.5, 0.6) is 0 Å². The van der Waals surface area contributed by atoms with Crippen molar-refractivity contribution < 1.29 is 5.11 Å². The number of aliphatic hydroxyl groups is 1. The summed E-state index contributed by atoms with van der Waals surface area (Å²) in [5.41, 5.74) is 2.61. The maximum absolute atomic E-state index is 8.85. The summed E-state index contributed by atoms with van der Waals surface area (Å²) < 4.78 is 0. The molecule has 0 fully saturated rings. The van der Waals surface area contributed by atoms with Crippen LogP contribution in [-0.2, 0) is 6.42 Å². The van der Waals surface area contributed by atoms with E-state index in [4.69, 9.17) is 5.11 Å². The number of hydrogen-bond acceptors (Lipinski definition) is 3. The molecule has 2 unspecified atom stereocenters. The Morgan fingerprint density at radius 3 is 3.31 bits per heavy atom. The summed E-state index contributed by atoms with van der Waals surface area (Å²) in [5.74, 6) is 0.526. The first-order chi connectivity index (χ1) is 7.81. The van der Waals surface area contributed by atoms with Crippen molar-refractivity contribution in [3.8, 4) is 0 Å². The molecule has 2 N–H and O–H groups in total. The van der Waals surface area contributed by atoms with Gasteiger partial charge < -0.3 is 10.4 Å². The van der Waals surface area contributed by atoms with E-state index in [2.05, 4.69) is 23.3 Å². The molecule has 0 aromatic carbocycles. The van der Waals surface area contributed by atoms with E-state index in [0.717, 1.165) is 25.8 Å². The van der Waals surface area contributed by atoms with Gasteiger partial charge >= 0.3 is 0 Å². The summed E-state index contributed by atoms with van der Waals surface area (Å²) in [7, 11) is 0. The van der Waals surface area contributed by atoms with Gasteiger partial charge in [-0.1, -0.05) is 13.0 Å². The Hall–Kier alpha value is -0.930. The van der Waals surface area contributed by atoms with Crippen LogP contribution in [0.15, 0.2) is 18.3 Å². The van der Waals surface area contributed by atoms with E-state index in [1.807, 2.05) is 12.3 Å². The normalized spacial score (nSPS) is 20.8. The number of aliphatic hydroxyl groups excluding tert-OH is 1. The summed E-state index contributed by atoms with van der Waals surface area (Å²) >= 11 is 0. The van der Waals surface area contributed by atoms with E-state index in [1.165, 1.54) is 11.3 Å².